The molecule has 31 heavy (non-hydrogen) atoms. The highest BCUT2D eigenvalue weighted by Crippen LogP contribution is 2.25. The fraction of sp³-hybridized carbons (Fsp3) is 0.318. The van der Waals surface area contributed by atoms with E-state index in [0.29, 0.717) is 30.8 Å². The lowest BCUT2D eigenvalue weighted by Gasteiger charge is -2.24. The summed E-state index contributed by atoms with van der Waals surface area (Å²) in [6, 6.07) is 14.8. The van der Waals surface area contributed by atoms with Crippen molar-refractivity contribution < 1.29 is 22.7 Å². The van der Waals surface area contributed by atoms with Gasteiger partial charge in [0.1, 0.15) is 11.4 Å². The Morgan fingerprint density at radius 2 is 1.77 bits per heavy atom. The number of ether oxygens (including phenoxy) is 1. The molecule has 9 heteroatoms. The minimum absolute atomic E-state index is 0.267. The Bertz CT molecular complexity index is 986. The maximum absolute atomic E-state index is 13.0. The second-order valence-electron chi connectivity index (χ2n) is 7.48. The third kappa shape index (κ3) is 6.56. The molecule has 0 bridgehead atoms. The second kappa shape index (κ2) is 9.63. The zero-order valence-corrected chi connectivity index (χ0v) is 17.2. The van der Waals surface area contributed by atoms with Gasteiger partial charge in [-0.25, -0.2) is 4.79 Å². The van der Waals surface area contributed by atoms with E-state index in [2.05, 4.69) is 15.0 Å². The number of carbonyl (C=O) groups excluding carboxylic acids is 1. The lowest BCUT2D eigenvalue weighted by molar-refractivity contribution is -0.274. The predicted molar refractivity (Wildman–Crippen MR) is 109 cm³/mol. The van der Waals surface area contributed by atoms with E-state index in [-0.39, 0.29) is 17.7 Å². The van der Waals surface area contributed by atoms with Crippen LogP contribution in [0.3, 0.4) is 0 Å². The maximum atomic E-state index is 13.0. The number of alkyl halides is 3. The largest absolute Gasteiger partial charge is 0.573 e. The Labute approximate surface area is 178 Å². The number of aromatic nitrogens is 3. The first-order valence-electron chi connectivity index (χ1n) is 9.83. The fourth-order valence-corrected chi connectivity index (χ4v) is 3.08. The molecule has 1 heterocycles. The Morgan fingerprint density at radius 3 is 2.39 bits per heavy atom. The Balaban J connectivity index is 1.71. The van der Waals surface area contributed by atoms with Crippen molar-refractivity contribution in [1.82, 2.24) is 19.9 Å². The molecular weight excluding hydrogens is 409 g/mol. The zero-order valence-electron chi connectivity index (χ0n) is 17.2. The van der Waals surface area contributed by atoms with Crippen LogP contribution in [-0.2, 0) is 6.42 Å². The van der Waals surface area contributed by atoms with Crippen LogP contribution >= 0.6 is 0 Å². The molecule has 1 aromatic heterocycles. The van der Waals surface area contributed by atoms with Crippen molar-refractivity contribution in [3.05, 3.63) is 66.4 Å². The minimum atomic E-state index is -4.75. The third-order valence-corrected chi connectivity index (χ3v) is 4.44. The lowest BCUT2D eigenvalue weighted by atomic mass is 10.1. The number of carbonyl (C=O) groups is 1. The van der Waals surface area contributed by atoms with E-state index in [1.54, 1.807) is 4.90 Å². The van der Waals surface area contributed by atoms with Crippen LogP contribution in [0.1, 0.15) is 19.4 Å². The quantitative estimate of drug-likeness (QED) is 0.527. The van der Waals surface area contributed by atoms with Gasteiger partial charge in [-0.05, 0) is 42.2 Å². The molecule has 0 radical (unpaired) electrons. The van der Waals surface area contributed by atoms with Gasteiger partial charge in [0, 0.05) is 18.7 Å². The molecule has 0 atom stereocenters. The molecule has 0 aliphatic rings. The summed E-state index contributed by atoms with van der Waals surface area (Å²) in [6.07, 6.45) is -2.57. The molecule has 0 fully saturated rings. The van der Waals surface area contributed by atoms with E-state index < -0.39 is 6.36 Å². The van der Waals surface area contributed by atoms with Crippen LogP contribution in [0.2, 0.25) is 0 Å². The number of amides is 1. The molecule has 0 saturated carbocycles. The van der Waals surface area contributed by atoms with Crippen molar-refractivity contribution in [1.29, 1.82) is 0 Å². The molecule has 3 rings (SSSR count). The van der Waals surface area contributed by atoms with Gasteiger partial charge in [-0.15, -0.1) is 18.3 Å². The van der Waals surface area contributed by atoms with Gasteiger partial charge in [0.2, 0.25) is 0 Å². The fourth-order valence-electron chi connectivity index (χ4n) is 3.08. The summed E-state index contributed by atoms with van der Waals surface area (Å²) in [7, 11) is 0. The van der Waals surface area contributed by atoms with Crippen molar-refractivity contribution in [3.8, 4) is 17.0 Å². The normalized spacial score (nSPS) is 11.5. The maximum Gasteiger partial charge on any atom is 0.573 e. The van der Waals surface area contributed by atoms with Gasteiger partial charge in [-0.3, -0.25) is 0 Å². The first-order chi connectivity index (χ1) is 14.7. The van der Waals surface area contributed by atoms with Crippen molar-refractivity contribution >= 4 is 6.03 Å². The standard InChI is InChI=1S/C22H23F3N4O2/c1-16(2)14-28(13-12-17-6-4-3-5-7-17)21(30)29-15-20(26-27-29)18-8-10-19(11-9-18)31-22(23,24)25/h3-11,15-16H,12-14H2,1-2H3. The van der Waals surface area contributed by atoms with Gasteiger partial charge in [-0.2, -0.15) is 4.68 Å². The van der Waals surface area contributed by atoms with Crippen LogP contribution in [0.15, 0.2) is 60.8 Å². The summed E-state index contributed by atoms with van der Waals surface area (Å²) >= 11 is 0. The molecule has 0 spiro atoms. The summed E-state index contributed by atoms with van der Waals surface area (Å²) in [5, 5.41) is 7.92. The smallest absolute Gasteiger partial charge is 0.406 e. The highest BCUT2D eigenvalue weighted by molar-refractivity contribution is 5.77. The summed E-state index contributed by atoms with van der Waals surface area (Å²) < 4.78 is 41.9. The lowest BCUT2D eigenvalue weighted by Crippen LogP contribution is -2.39. The van der Waals surface area contributed by atoms with E-state index in [1.165, 1.54) is 30.5 Å². The Kier molecular flexibility index (Phi) is 6.94. The monoisotopic (exact) mass is 432 g/mol. The molecule has 0 N–H and O–H groups in total. The Morgan fingerprint density at radius 1 is 1.10 bits per heavy atom. The highest BCUT2D eigenvalue weighted by Gasteiger charge is 2.31. The number of hydrogen-bond donors (Lipinski definition) is 0. The Hall–Kier alpha value is -3.36. The van der Waals surface area contributed by atoms with Gasteiger partial charge < -0.3 is 9.64 Å². The molecule has 0 aliphatic carbocycles. The third-order valence-electron chi connectivity index (χ3n) is 4.44. The molecular formula is C22H23F3N4O2. The highest BCUT2D eigenvalue weighted by atomic mass is 19.4. The number of rotatable bonds is 7. The molecule has 2 aromatic carbocycles. The van der Waals surface area contributed by atoms with Crippen molar-refractivity contribution in [2.45, 2.75) is 26.6 Å². The van der Waals surface area contributed by atoms with Crippen molar-refractivity contribution in [2.24, 2.45) is 5.92 Å². The molecule has 1 amide bonds. The van der Waals surface area contributed by atoms with Gasteiger partial charge in [0.05, 0.1) is 6.20 Å². The number of hydrogen-bond acceptors (Lipinski definition) is 4. The molecule has 0 aliphatic heterocycles. The average Bonchev–Trinajstić information content (AvgIpc) is 3.21. The first-order valence-corrected chi connectivity index (χ1v) is 9.83. The second-order valence-corrected chi connectivity index (χ2v) is 7.48. The summed E-state index contributed by atoms with van der Waals surface area (Å²) in [5.41, 5.74) is 2.03. The van der Waals surface area contributed by atoms with Crippen LogP contribution in [0, 0.1) is 5.92 Å². The van der Waals surface area contributed by atoms with E-state index in [9.17, 15) is 18.0 Å². The van der Waals surface area contributed by atoms with E-state index in [4.69, 9.17) is 0 Å². The number of nitrogens with zero attached hydrogens (tertiary/aromatic N) is 4. The predicted octanol–water partition coefficient (Wildman–Crippen LogP) is 5.01. The first kappa shape index (κ1) is 22.3. The van der Waals surface area contributed by atoms with E-state index in [1.807, 2.05) is 44.2 Å². The number of halogens is 3. The summed E-state index contributed by atoms with van der Waals surface area (Å²) in [5.74, 6) is -0.0624. The summed E-state index contributed by atoms with van der Waals surface area (Å²) in [6.45, 7) is 5.14. The van der Waals surface area contributed by atoms with Gasteiger partial charge >= 0.3 is 12.4 Å². The summed E-state index contributed by atoms with van der Waals surface area (Å²) in [4.78, 5) is 14.7. The van der Waals surface area contributed by atoms with Crippen molar-refractivity contribution in [2.75, 3.05) is 13.1 Å². The van der Waals surface area contributed by atoms with Crippen molar-refractivity contribution in [3.63, 3.8) is 0 Å². The van der Waals surface area contributed by atoms with Gasteiger partial charge in [0.25, 0.3) is 0 Å². The van der Waals surface area contributed by atoms with Crippen LogP contribution in [0.4, 0.5) is 18.0 Å². The van der Waals surface area contributed by atoms with Gasteiger partial charge in [0.15, 0.2) is 0 Å². The molecule has 6 nitrogen and oxygen atoms in total. The molecule has 0 saturated heterocycles. The van der Waals surface area contributed by atoms with Crippen LogP contribution in [-0.4, -0.2) is 45.4 Å². The molecule has 0 unspecified atom stereocenters. The topological polar surface area (TPSA) is 60.2 Å². The number of benzene rings is 2. The minimum Gasteiger partial charge on any atom is -0.406 e. The van der Waals surface area contributed by atoms with E-state index >= 15 is 0 Å². The zero-order chi connectivity index (χ0) is 22.4. The van der Waals surface area contributed by atoms with Gasteiger partial charge in [-0.1, -0.05) is 49.4 Å². The SMILES string of the molecule is CC(C)CN(CCc1ccccc1)C(=O)n1cc(-c2ccc(OC(F)(F)F)cc2)nn1. The van der Waals surface area contributed by atoms with E-state index in [0.717, 1.165) is 10.2 Å². The van der Waals surface area contributed by atoms with Crippen LogP contribution in [0.5, 0.6) is 5.75 Å². The average molecular weight is 432 g/mol. The van der Waals surface area contributed by atoms with Crippen LogP contribution in [0.25, 0.3) is 11.3 Å². The molecule has 3 aromatic rings. The van der Waals surface area contributed by atoms with Crippen LogP contribution < -0.4 is 4.74 Å². The molecule has 164 valence electrons.